The highest BCUT2D eigenvalue weighted by Crippen LogP contribution is 2.34. The van der Waals surface area contributed by atoms with Crippen molar-refractivity contribution in [1.29, 1.82) is 0 Å². The second-order valence-corrected chi connectivity index (χ2v) is 9.09. The molecule has 9 nitrogen and oxygen atoms in total. The van der Waals surface area contributed by atoms with Crippen LogP contribution in [0, 0.1) is 5.92 Å². The first kappa shape index (κ1) is 26.2. The van der Waals surface area contributed by atoms with Crippen molar-refractivity contribution in [2.45, 2.75) is 70.7 Å². The predicted octanol–water partition coefficient (Wildman–Crippen LogP) is 4.34. The first-order valence-corrected chi connectivity index (χ1v) is 11.2. The van der Waals surface area contributed by atoms with Gasteiger partial charge in [0.15, 0.2) is 11.3 Å². The van der Waals surface area contributed by atoms with E-state index in [1.54, 1.807) is 0 Å². The number of hydrogen-bond donors (Lipinski definition) is 2. The Morgan fingerprint density at radius 3 is 2.37 bits per heavy atom. The molecule has 190 valence electrons. The lowest BCUT2D eigenvalue weighted by Gasteiger charge is -2.23. The van der Waals surface area contributed by atoms with Gasteiger partial charge in [-0.05, 0) is 38.3 Å². The van der Waals surface area contributed by atoms with E-state index in [0.29, 0.717) is 12.1 Å². The van der Waals surface area contributed by atoms with E-state index in [1.165, 1.54) is 43.7 Å². The number of anilines is 2. The number of carbonyl (C=O) groups excluding carboxylic acids is 3. The SMILES string of the molecule is CC(=O)OC(C)(C)C(=O)Nc1ccc(NC(=O)[C@H](CC2CCCC2)n2cnc(C(F)(F)F)c2)nc1. The molecule has 2 aromatic rings. The fourth-order valence-corrected chi connectivity index (χ4v) is 4.02. The molecule has 1 atom stereocenters. The van der Waals surface area contributed by atoms with E-state index in [-0.39, 0.29) is 11.7 Å². The van der Waals surface area contributed by atoms with E-state index >= 15 is 0 Å². The van der Waals surface area contributed by atoms with Gasteiger partial charge in [0.05, 0.1) is 18.2 Å². The fourth-order valence-electron chi connectivity index (χ4n) is 4.02. The number of rotatable bonds is 8. The number of pyridine rings is 1. The van der Waals surface area contributed by atoms with Crippen LogP contribution in [0.15, 0.2) is 30.9 Å². The number of alkyl halides is 3. The Hall–Kier alpha value is -3.44. The minimum absolute atomic E-state index is 0.167. The van der Waals surface area contributed by atoms with Gasteiger partial charge in [0, 0.05) is 13.1 Å². The van der Waals surface area contributed by atoms with Crippen molar-refractivity contribution in [2.75, 3.05) is 10.6 Å². The molecule has 1 saturated carbocycles. The van der Waals surface area contributed by atoms with Gasteiger partial charge in [0.2, 0.25) is 5.91 Å². The Morgan fingerprint density at radius 2 is 1.83 bits per heavy atom. The minimum atomic E-state index is -4.61. The van der Waals surface area contributed by atoms with E-state index in [9.17, 15) is 27.6 Å². The van der Waals surface area contributed by atoms with Crippen molar-refractivity contribution in [3.05, 3.63) is 36.5 Å². The van der Waals surface area contributed by atoms with Gasteiger partial charge in [-0.25, -0.2) is 9.97 Å². The van der Waals surface area contributed by atoms with Crippen LogP contribution in [0.2, 0.25) is 0 Å². The largest absolute Gasteiger partial charge is 0.450 e. The smallest absolute Gasteiger partial charge is 0.434 e. The summed E-state index contributed by atoms with van der Waals surface area (Å²) < 4.78 is 45.3. The normalized spacial score (nSPS) is 15.5. The summed E-state index contributed by atoms with van der Waals surface area (Å²) in [5.41, 5.74) is -2.15. The Balaban J connectivity index is 1.70. The zero-order valence-corrected chi connectivity index (χ0v) is 19.7. The number of nitrogens with zero attached hydrogens (tertiary/aromatic N) is 3. The number of esters is 1. The van der Waals surface area contributed by atoms with Crippen LogP contribution in [-0.4, -0.2) is 37.9 Å². The number of amides is 2. The molecule has 0 spiro atoms. The molecule has 2 aromatic heterocycles. The summed E-state index contributed by atoms with van der Waals surface area (Å²) in [6.07, 6.45) is 2.85. The second kappa shape index (κ2) is 10.4. The molecule has 0 bridgehead atoms. The molecule has 0 radical (unpaired) electrons. The van der Waals surface area contributed by atoms with Gasteiger partial charge >= 0.3 is 12.1 Å². The maximum Gasteiger partial charge on any atom is 0.434 e. The molecule has 2 heterocycles. The van der Waals surface area contributed by atoms with Crippen molar-refractivity contribution < 1.29 is 32.3 Å². The molecule has 12 heteroatoms. The summed E-state index contributed by atoms with van der Waals surface area (Å²) in [6.45, 7) is 4.08. The predicted molar refractivity (Wildman–Crippen MR) is 120 cm³/mol. The van der Waals surface area contributed by atoms with Crippen LogP contribution >= 0.6 is 0 Å². The molecule has 2 N–H and O–H groups in total. The Bertz CT molecular complexity index is 1060. The third kappa shape index (κ3) is 7.03. The van der Waals surface area contributed by atoms with E-state index < -0.39 is 41.3 Å². The average Bonchev–Trinajstić information content (AvgIpc) is 3.44. The summed E-state index contributed by atoms with van der Waals surface area (Å²) in [6, 6.07) is 2.07. The van der Waals surface area contributed by atoms with E-state index in [4.69, 9.17) is 4.74 Å². The average molecular weight is 496 g/mol. The lowest BCUT2D eigenvalue weighted by molar-refractivity contribution is -0.160. The monoisotopic (exact) mass is 495 g/mol. The number of ether oxygens (including phenoxy) is 1. The Kier molecular flexibility index (Phi) is 7.81. The van der Waals surface area contributed by atoms with E-state index in [2.05, 4.69) is 20.6 Å². The Morgan fingerprint density at radius 1 is 1.14 bits per heavy atom. The highest BCUT2D eigenvalue weighted by molar-refractivity contribution is 5.98. The van der Waals surface area contributed by atoms with Crippen LogP contribution in [0.25, 0.3) is 0 Å². The maximum atomic E-state index is 13.1. The number of carbonyl (C=O) groups is 3. The fraction of sp³-hybridized carbons (Fsp3) is 0.522. The van der Waals surface area contributed by atoms with Gasteiger partial charge in [-0.15, -0.1) is 0 Å². The standard InChI is InChI=1S/C23H28F3N5O4/c1-14(32)35-22(2,3)21(34)29-16-8-9-19(27-11-16)30-20(33)17(10-15-6-4-5-7-15)31-12-18(28-13-31)23(24,25)26/h8-9,11-13,15,17H,4-7,10H2,1-3H3,(H,29,34)(H,27,30,33)/t17-/m0/s1. The van der Waals surface area contributed by atoms with Gasteiger partial charge in [-0.1, -0.05) is 25.7 Å². The van der Waals surface area contributed by atoms with Gasteiger partial charge in [0.25, 0.3) is 5.91 Å². The van der Waals surface area contributed by atoms with Crippen LogP contribution < -0.4 is 10.6 Å². The number of halogens is 3. The summed E-state index contributed by atoms with van der Waals surface area (Å²) in [4.78, 5) is 44.1. The summed E-state index contributed by atoms with van der Waals surface area (Å²) >= 11 is 0. The molecule has 0 unspecified atom stereocenters. The number of hydrogen-bond acceptors (Lipinski definition) is 6. The maximum absolute atomic E-state index is 13.1. The number of imidazole rings is 1. The molecule has 3 rings (SSSR count). The third-order valence-electron chi connectivity index (χ3n) is 5.80. The van der Waals surface area contributed by atoms with E-state index in [1.807, 2.05) is 0 Å². The molecular weight excluding hydrogens is 467 g/mol. The molecule has 2 amide bonds. The van der Waals surface area contributed by atoms with Crippen LogP contribution in [0.5, 0.6) is 0 Å². The van der Waals surface area contributed by atoms with E-state index in [0.717, 1.165) is 38.2 Å². The molecule has 1 aliphatic carbocycles. The van der Waals surface area contributed by atoms with Gasteiger partial charge in [0.1, 0.15) is 11.9 Å². The summed E-state index contributed by atoms with van der Waals surface area (Å²) in [5.74, 6) is -1.28. The van der Waals surface area contributed by atoms with Crippen molar-refractivity contribution in [1.82, 2.24) is 14.5 Å². The van der Waals surface area contributed by atoms with Crippen LogP contribution in [-0.2, 0) is 25.3 Å². The van der Waals surface area contributed by atoms with Crippen molar-refractivity contribution in [2.24, 2.45) is 5.92 Å². The molecule has 0 aromatic carbocycles. The molecule has 35 heavy (non-hydrogen) atoms. The summed E-state index contributed by atoms with van der Waals surface area (Å²) in [5, 5.41) is 5.21. The van der Waals surface area contributed by atoms with Crippen molar-refractivity contribution in [3.8, 4) is 0 Å². The lowest BCUT2D eigenvalue weighted by Crippen LogP contribution is -2.41. The molecule has 1 fully saturated rings. The number of aromatic nitrogens is 3. The highest BCUT2D eigenvalue weighted by atomic mass is 19.4. The first-order chi connectivity index (χ1) is 16.3. The summed E-state index contributed by atoms with van der Waals surface area (Å²) in [7, 11) is 0. The van der Waals surface area contributed by atoms with Gasteiger partial charge in [-0.3, -0.25) is 14.4 Å². The zero-order chi connectivity index (χ0) is 25.8. The first-order valence-electron chi connectivity index (χ1n) is 11.2. The molecule has 1 aliphatic rings. The quantitative estimate of drug-likeness (QED) is 0.527. The topological polar surface area (TPSA) is 115 Å². The van der Waals surface area contributed by atoms with Crippen LogP contribution in [0.4, 0.5) is 24.7 Å². The van der Waals surface area contributed by atoms with Crippen LogP contribution in [0.3, 0.4) is 0 Å². The molecule has 0 saturated heterocycles. The zero-order valence-electron chi connectivity index (χ0n) is 19.7. The minimum Gasteiger partial charge on any atom is -0.450 e. The lowest BCUT2D eigenvalue weighted by atomic mass is 9.97. The van der Waals surface area contributed by atoms with Crippen molar-refractivity contribution >= 4 is 29.3 Å². The van der Waals surface area contributed by atoms with Gasteiger partial charge < -0.3 is 19.9 Å². The highest BCUT2D eigenvalue weighted by Gasteiger charge is 2.35. The molecule has 0 aliphatic heterocycles. The third-order valence-corrected chi connectivity index (χ3v) is 5.80. The van der Waals surface area contributed by atoms with Crippen molar-refractivity contribution in [3.63, 3.8) is 0 Å². The Labute approximate surface area is 200 Å². The second-order valence-electron chi connectivity index (χ2n) is 9.09. The van der Waals surface area contributed by atoms with Gasteiger partial charge in [-0.2, -0.15) is 13.2 Å². The molecular formula is C23H28F3N5O4. The number of nitrogens with one attached hydrogen (secondary N) is 2. The van der Waals surface area contributed by atoms with Crippen LogP contribution in [0.1, 0.15) is 64.6 Å².